The summed E-state index contributed by atoms with van der Waals surface area (Å²) in [6, 6.07) is 11.4. The summed E-state index contributed by atoms with van der Waals surface area (Å²) in [7, 11) is 3.06. The van der Waals surface area contributed by atoms with Gasteiger partial charge in [-0.25, -0.2) is 4.39 Å². The molecule has 0 saturated carbocycles. The number of methoxy groups -OCH3 is 2. The first kappa shape index (κ1) is 19.9. The SMILES string of the molecule is CCn1c(SCC(=O)c2cc(F)ccc2OC)nnc1-c1ccc(OC)cc1. The Morgan fingerprint density at radius 1 is 1.11 bits per heavy atom. The van der Waals surface area contributed by atoms with Crippen molar-refractivity contribution in [3.8, 4) is 22.9 Å². The molecule has 0 radical (unpaired) electrons. The fraction of sp³-hybridized carbons (Fsp3) is 0.250. The predicted octanol–water partition coefficient (Wildman–Crippen LogP) is 4.10. The lowest BCUT2D eigenvalue weighted by Crippen LogP contribution is -2.07. The molecule has 0 saturated heterocycles. The molecular formula is C20H20FN3O3S. The van der Waals surface area contributed by atoms with E-state index in [0.29, 0.717) is 23.3 Å². The van der Waals surface area contributed by atoms with Gasteiger partial charge in [0.15, 0.2) is 16.8 Å². The number of halogens is 1. The molecule has 0 aliphatic rings. The Bertz CT molecular complexity index is 973. The van der Waals surface area contributed by atoms with Gasteiger partial charge in [0.05, 0.1) is 25.5 Å². The Hall–Kier alpha value is -2.87. The van der Waals surface area contributed by atoms with Crippen molar-refractivity contribution in [3.05, 3.63) is 53.8 Å². The molecule has 2 aromatic carbocycles. The monoisotopic (exact) mass is 401 g/mol. The van der Waals surface area contributed by atoms with Crippen LogP contribution in [0.15, 0.2) is 47.6 Å². The second-order valence-electron chi connectivity index (χ2n) is 5.84. The lowest BCUT2D eigenvalue weighted by atomic mass is 10.1. The van der Waals surface area contributed by atoms with Crippen molar-refractivity contribution in [1.82, 2.24) is 14.8 Å². The van der Waals surface area contributed by atoms with Crippen LogP contribution in [0.1, 0.15) is 17.3 Å². The number of rotatable bonds is 8. The number of hydrogen-bond acceptors (Lipinski definition) is 6. The van der Waals surface area contributed by atoms with Gasteiger partial charge in [0.25, 0.3) is 0 Å². The molecule has 0 unspecified atom stereocenters. The molecule has 8 heteroatoms. The van der Waals surface area contributed by atoms with Crippen LogP contribution in [0.5, 0.6) is 11.5 Å². The molecule has 0 aliphatic carbocycles. The summed E-state index contributed by atoms with van der Waals surface area (Å²) < 4.78 is 25.8. The van der Waals surface area contributed by atoms with Gasteiger partial charge in [0, 0.05) is 12.1 Å². The van der Waals surface area contributed by atoms with Crippen molar-refractivity contribution in [2.24, 2.45) is 0 Å². The van der Waals surface area contributed by atoms with Gasteiger partial charge in [-0.3, -0.25) is 4.79 Å². The maximum atomic E-state index is 13.5. The van der Waals surface area contributed by atoms with Gasteiger partial charge < -0.3 is 14.0 Å². The van der Waals surface area contributed by atoms with Crippen molar-refractivity contribution in [3.63, 3.8) is 0 Å². The standard InChI is InChI=1S/C20H20FN3O3S/c1-4-24-19(13-5-8-15(26-2)9-6-13)22-23-20(24)28-12-17(25)16-11-14(21)7-10-18(16)27-3/h5-11H,4,12H2,1-3H3. The zero-order chi connectivity index (χ0) is 20.1. The fourth-order valence-corrected chi connectivity index (χ4v) is 3.63. The molecule has 0 N–H and O–H groups in total. The summed E-state index contributed by atoms with van der Waals surface area (Å²) in [6.45, 7) is 2.63. The first-order chi connectivity index (χ1) is 13.6. The van der Waals surface area contributed by atoms with Gasteiger partial charge >= 0.3 is 0 Å². The number of ether oxygens (including phenoxy) is 2. The lowest BCUT2D eigenvalue weighted by Gasteiger charge is -2.09. The van der Waals surface area contributed by atoms with E-state index in [-0.39, 0.29) is 17.1 Å². The van der Waals surface area contributed by atoms with E-state index in [1.807, 2.05) is 35.8 Å². The molecule has 146 valence electrons. The third kappa shape index (κ3) is 4.17. The van der Waals surface area contributed by atoms with Crippen LogP contribution in [-0.2, 0) is 6.54 Å². The van der Waals surface area contributed by atoms with Gasteiger partial charge in [0.2, 0.25) is 0 Å². The molecule has 1 heterocycles. The van der Waals surface area contributed by atoms with Crippen LogP contribution in [-0.4, -0.2) is 40.5 Å². The normalized spacial score (nSPS) is 10.7. The van der Waals surface area contributed by atoms with Crippen molar-refractivity contribution in [2.45, 2.75) is 18.6 Å². The third-order valence-corrected chi connectivity index (χ3v) is 5.14. The highest BCUT2D eigenvalue weighted by molar-refractivity contribution is 7.99. The minimum absolute atomic E-state index is 0.0978. The number of ketones is 1. The number of thioether (sulfide) groups is 1. The second-order valence-corrected chi connectivity index (χ2v) is 6.78. The van der Waals surface area contributed by atoms with Crippen LogP contribution in [0.4, 0.5) is 4.39 Å². The molecule has 0 bridgehead atoms. The van der Waals surface area contributed by atoms with Gasteiger partial charge in [-0.1, -0.05) is 11.8 Å². The minimum Gasteiger partial charge on any atom is -0.497 e. The average molecular weight is 401 g/mol. The molecule has 6 nitrogen and oxygen atoms in total. The van der Waals surface area contributed by atoms with Crippen LogP contribution in [0.2, 0.25) is 0 Å². The van der Waals surface area contributed by atoms with Crippen molar-refractivity contribution in [2.75, 3.05) is 20.0 Å². The molecule has 3 aromatic rings. The topological polar surface area (TPSA) is 66.2 Å². The molecule has 0 fully saturated rings. The Morgan fingerprint density at radius 2 is 1.86 bits per heavy atom. The summed E-state index contributed by atoms with van der Waals surface area (Å²) in [6.07, 6.45) is 0. The van der Waals surface area contributed by atoms with Gasteiger partial charge in [-0.2, -0.15) is 0 Å². The second kappa shape index (κ2) is 8.88. The first-order valence-corrected chi connectivity index (χ1v) is 9.63. The highest BCUT2D eigenvalue weighted by Crippen LogP contribution is 2.27. The van der Waals surface area contributed by atoms with E-state index in [1.165, 1.54) is 37.1 Å². The van der Waals surface area contributed by atoms with E-state index < -0.39 is 5.82 Å². The third-order valence-electron chi connectivity index (χ3n) is 4.18. The molecular weight excluding hydrogens is 381 g/mol. The van der Waals surface area contributed by atoms with E-state index in [2.05, 4.69) is 10.2 Å². The van der Waals surface area contributed by atoms with E-state index in [0.717, 1.165) is 11.3 Å². The molecule has 0 amide bonds. The Labute approximate surface area is 166 Å². The Kier molecular flexibility index (Phi) is 6.30. The number of nitrogens with zero attached hydrogens (tertiary/aromatic N) is 3. The first-order valence-electron chi connectivity index (χ1n) is 8.64. The quantitative estimate of drug-likeness (QED) is 0.418. The zero-order valence-corrected chi connectivity index (χ0v) is 16.6. The van der Waals surface area contributed by atoms with Crippen LogP contribution < -0.4 is 9.47 Å². The number of benzene rings is 2. The molecule has 0 atom stereocenters. The van der Waals surface area contributed by atoms with E-state index >= 15 is 0 Å². The number of Topliss-reactive ketones (excluding diaryl/α,β-unsaturated/α-hetero) is 1. The van der Waals surface area contributed by atoms with Gasteiger partial charge in [-0.05, 0) is 49.4 Å². The maximum Gasteiger partial charge on any atom is 0.191 e. The maximum absolute atomic E-state index is 13.5. The number of carbonyl (C=O) groups excluding carboxylic acids is 1. The zero-order valence-electron chi connectivity index (χ0n) is 15.8. The lowest BCUT2D eigenvalue weighted by molar-refractivity contribution is 0.101. The number of hydrogen-bond donors (Lipinski definition) is 0. The highest BCUT2D eigenvalue weighted by Gasteiger charge is 2.18. The van der Waals surface area contributed by atoms with Crippen molar-refractivity contribution >= 4 is 17.5 Å². The van der Waals surface area contributed by atoms with Crippen LogP contribution in [0.25, 0.3) is 11.4 Å². The van der Waals surface area contributed by atoms with E-state index in [4.69, 9.17) is 9.47 Å². The smallest absolute Gasteiger partial charge is 0.191 e. The summed E-state index contributed by atoms with van der Waals surface area (Å²) in [5.41, 5.74) is 1.12. The van der Waals surface area contributed by atoms with E-state index in [1.54, 1.807) is 7.11 Å². The van der Waals surface area contributed by atoms with Crippen molar-refractivity contribution < 1.29 is 18.7 Å². The minimum atomic E-state index is -0.479. The van der Waals surface area contributed by atoms with Gasteiger partial charge in [-0.15, -0.1) is 10.2 Å². The van der Waals surface area contributed by atoms with E-state index in [9.17, 15) is 9.18 Å². The van der Waals surface area contributed by atoms with Crippen LogP contribution in [0, 0.1) is 5.82 Å². The molecule has 3 rings (SSSR count). The van der Waals surface area contributed by atoms with Crippen LogP contribution in [0.3, 0.4) is 0 Å². The molecule has 0 aliphatic heterocycles. The van der Waals surface area contributed by atoms with Crippen LogP contribution >= 0.6 is 11.8 Å². The predicted molar refractivity (Wildman–Crippen MR) is 106 cm³/mol. The summed E-state index contributed by atoms with van der Waals surface area (Å²) in [5.74, 6) is 1.20. The largest absolute Gasteiger partial charge is 0.497 e. The molecule has 0 spiro atoms. The number of aromatic nitrogens is 3. The summed E-state index contributed by atoms with van der Waals surface area (Å²) in [4.78, 5) is 12.6. The molecule has 1 aromatic heterocycles. The summed E-state index contributed by atoms with van der Waals surface area (Å²) in [5, 5.41) is 9.11. The highest BCUT2D eigenvalue weighted by atomic mass is 32.2. The fourth-order valence-electron chi connectivity index (χ4n) is 2.74. The van der Waals surface area contributed by atoms with Gasteiger partial charge in [0.1, 0.15) is 17.3 Å². The Balaban J connectivity index is 1.79. The Morgan fingerprint density at radius 3 is 2.50 bits per heavy atom. The number of carbonyl (C=O) groups is 1. The summed E-state index contributed by atoms with van der Waals surface area (Å²) >= 11 is 1.26. The average Bonchev–Trinajstić information content (AvgIpc) is 3.14. The van der Waals surface area contributed by atoms with Crippen molar-refractivity contribution in [1.29, 1.82) is 0 Å². The molecule has 28 heavy (non-hydrogen) atoms.